The van der Waals surface area contributed by atoms with Crippen molar-refractivity contribution in [1.29, 1.82) is 0 Å². The van der Waals surface area contributed by atoms with Crippen molar-refractivity contribution in [2.24, 2.45) is 0 Å². The van der Waals surface area contributed by atoms with Gasteiger partial charge in [-0.3, -0.25) is 0 Å². The normalized spacial score (nSPS) is 12.2. The summed E-state index contributed by atoms with van der Waals surface area (Å²) in [6.45, 7) is 9.88. The molecule has 1 heterocycles. The second kappa shape index (κ2) is 3.36. The minimum absolute atomic E-state index is 0.0632. The Bertz CT molecular complexity index is 273. The summed E-state index contributed by atoms with van der Waals surface area (Å²) in [4.78, 5) is 0. The highest BCUT2D eigenvalue weighted by Gasteiger charge is 2.22. The van der Waals surface area contributed by atoms with E-state index in [9.17, 15) is 0 Å². The lowest BCUT2D eigenvalue weighted by atomic mass is 9.97. The zero-order chi connectivity index (χ0) is 10.1. The van der Waals surface area contributed by atoms with Gasteiger partial charge in [0.2, 0.25) is 5.89 Å². The molecule has 0 aliphatic carbocycles. The lowest BCUT2D eigenvalue weighted by molar-refractivity contribution is 0.167. The molecule has 74 valence electrons. The number of nitrogens with zero attached hydrogens (tertiary/aromatic N) is 2. The zero-order valence-electron chi connectivity index (χ0n) is 8.79. The average Bonchev–Trinajstić information content (AvgIpc) is 2.32. The van der Waals surface area contributed by atoms with Gasteiger partial charge in [-0.25, -0.2) is 0 Å². The van der Waals surface area contributed by atoms with Crippen LogP contribution in [0.15, 0.2) is 4.42 Å². The van der Waals surface area contributed by atoms with Crippen LogP contribution in [0.2, 0.25) is 0 Å². The number of hydrogen-bond donors (Lipinski definition) is 0. The van der Waals surface area contributed by atoms with Gasteiger partial charge in [-0.15, -0.1) is 5.10 Å². The van der Waals surface area contributed by atoms with Crippen LogP contribution in [0.3, 0.4) is 0 Å². The van der Waals surface area contributed by atoms with E-state index in [1.54, 1.807) is 0 Å². The number of aromatic nitrogens is 2. The van der Waals surface area contributed by atoms with E-state index in [1.165, 1.54) is 0 Å². The van der Waals surface area contributed by atoms with E-state index in [1.807, 2.05) is 34.6 Å². The summed E-state index contributed by atoms with van der Waals surface area (Å²) in [6, 6.07) is 0. The van der Waals surface area contributed by atoms with Crippen LogP contribution in [-0.4, -0.2) is 16.3 Å². The van der Waals surface area contributed by atoms with E-state index < -0.39 is 0 Å². The minimum Gasteiger partial charge on any atom is -0.446 e. The largest absolute Gasteiger partial charge is 0.446 e. The van der Waals surface area contributed by atoms with Gasteiger partial charge in [0.25, 0.3) is 0 Å². The van der Waals surface area contributed by atoms with Crippen LogP contribution < -0.4 is 4.74 Å². The molecule has 0 saturated heterocycles. The molecule has 0 saturated carbocycles. The maximum atomic E-state index is 5.31. The second-order valence-corrected chi connectivity index (χ2v) is 4.29. The van der Waals surface area contributed by atoms with E-state index in [2.05, 4.69) is 10.2 Å². The van der Waals surface area contributed by atoms with Crippen molar-refractivity contribution >= 4 is 0 Å². The fourth-order valence-corrected chi connectivity index (χ4v) is 0.762. The first-order valence-corrected chi connectivity index (χ1v) is 4.40. The first kappa shape index (κ1) is 10.0. The topological polar surface area (TPSA) is 48.2 Å². The Kier molecular flexibility index (Phi) is 2.59. The fourth-order valence-electron chi connectivity index (χ4n) is 0.762. The van der Waals surface area contributed by atoms with Crippen molar-refractivity contribution < 1.29 is 9.15 Å². The summed E-state index contributed by atoms with van der Waals surface area (Å²) in [7, 11) is 0. The summed E-state index contributed by atoms with van der Waals surface area (Å²) < 4.78 is 10.6. The van der Waals surface area contributed by atoms with Crippen molar-refractivity contribution in [3.8, 4) is 6.08 Å². The van der Waals surface area contributed by atoms with E-state index >= 15 is 0 Å². The standard InChI is InChI=1S/C9H16N2O2/c1-6(2)12-8-11-10-7(13-8)9(3,4)5/h6H,1-5H3. The van der Waals surface area contributed by atoms with Gasteiger partial charge in [0, 0.05) is 5.41 Å². The molecule has 0 amide bonds. The molecule has 13 heavy (non-hydrogen) atoms. The van der Waals surface area contributed by atoms with Crippen LogP contribution in [0.4, 0.5) is 0 Å². The molecule has 0 unspecified atom stereocenters. The zero-order valence-corrected chi connectivity index (χ0v) is 8.79. The number of hydrogen-bond acceptors (Lipinski definition) is 4. The highest BCUT2D eigenvalue weighted by Crippen LogP contribution is 2.23. The Labute approximate surface area is 78.3 Å². The van der Waals surface area contributed by atoms with Gasteiger partial charge in [-0.2, -0.15) is 0 Å². The Morgan fingerprint density at radius 1 is 1.23 bits per heavy atom. The lowest BCUT2D eigenvalue weighted by Crippen LogP contribution is -2.11. The molecule has 0 aliphatic heterocycles. The first-order chi connectivity index (χ1) is 5.89. The van der Waals surface area contributed by atoms with Crippen LogP contribution in [0.25, 0.3) is 0 Å². The van der Waals surface area contributed by atoms with Crippen molar-refractivity contribution in [1.82, 2.24) is 10.2 Å². The van der Waals surface area contributed by atoms with E-state index in [0.717, 1.165) is 0 Å². The molecular formula is C9H16N2O2. The molecule has 0 aliphatic rings. The SMILES string of the molecule is CC(C)Oc1nnc(C(C)(C)C)o1. The Morgan fingerprint density at radius 3 is 2.23 bits per heavy atom. The van der Waals surface area contributed by atoms with Gasteiger partial charge in [-0.05, 0) is 13.8 Å². The van der Waals surface area contributed by atoms with Crippen LogP contribution in [-0.2, 0) is 5.41 Å². The average molecular weight is 184 g/mol. The number of ether oxygens (including phenoxy) is 1. The molecule has 0 atom stereocenters. The summed E-state index contributed by atoms with van der Waals surface area (Å²) in [6.07, 6.45) is 0.313. The van der Waals surface area contributed by atoms with E-state index in [0.29, 0.717) is 5.89 Å². The van der Waals surface area contributed by atoms with E-state index in [4.69, 9.17) is 9.15 Å². The molecule has 0 fully saturated rings. The maximum absolute atomic E-state index is 5.31. The lowest BCUT2D eigenvalue weighted by Gasteiger charge is -2.11. The molecule has 1 aromatic rings. The van der Waals surface area contributed by atoms with Gasteiger partial charge in [-0.1, -0.05) is 25.9 Å². The summed E-state index contributed by atoms with van der Waals surface area (Å²) in [5.41, 5.74) is -0.119. The highest BCUT2D eigenvalue weighted by atomic mass is 16.6. The maximum Gasteiger partial charge on any atom is 0.414 e. The molecule has 4 nitrogen and oxygen atoms in total. The molecule has 0 spiro atoms. The monoisotopic (exact) mass is 184 g/mol. The predicted octanol–water partition coefficient (Wildman–Crippen LogP) is 2.15. The van der Waals surface area contributed by atoms with Gasteiger partial charge in [0.05, 0.1) is 6.10 Å². The van der Waals surface area contributed by atoms with Crippen molar-refractivity contribution in [2.75, 3.05) is 0 Å². The van der Waals surface area contributed by atoms with Gasteiger partial charge in [0.1, 0.15) is 0 Å². The molecule has 0 aromatic carbocycles. The van der Waals surface area contributed by atoms with Gasteiger partial charge < -0.3 is 9.15 Å². The molecule has 0 radical (unpaired) electrons. The van der Waals surface area contributed by atoms with E-state index in [-0.39, 0.29) is 17.6 Å². The fraction of sp³-hybridized carbons (Fsp3) is 0.778. The summed E-state index contributed by atoms with van der Waals surface area (Å²) in [5.74, 6) is 0.600. The van der Waals surface area contributed by atoms with Gasteiger partial charge >= 0.3 is 6.08 Å². The molecular weight excluding hydrogens is 168 g/mol. The van der Waals surface area contributed by atoms with Crippen molar-refractivity contribution in [3.63, 3.8) is 0 Å². The smallest absolute Gasteiger partial charge is 0.414 e. The highest BCUT2D eigenvalue weighted by molar-refractivity contribution is 4.97. The number of rotatable bonds is 2. The second-order valence-electron chi connectivity index (χ2n) is 4.29. The summed E-state index contributed by atoms with van der Waals surface area (Å²) >= 11 is 0. The Hall–Kier alpha value is -1.06. The molecule has 0 bridgehead atoms. The van der Waals surface area contributed by atoms with Gasteiger partial charge in [0.15, 0.2) is 0 Å². The van der Waals surface area contributed by atoms with Crippen LogP contribution in [0.1, 0.15) is 40.5 Å². The van der Waals surface area contributed by atoms with Crippen LogP contribution in [0, 0.1) is 0 Å². The molecule has 4 heteroatoms. The first-order valence-electron chi connectivity index (χ1n) is 4.40. The minimum atomic E-state index is -0.119. The summed E-state index contributed by atoms with van der Waals surface area (Å²) in [5, 5.41) is 7.68. The predicted molar refractivity (Wildman–Crippen MR) is 48.8 cm³/mol. The third kappa shape index (κ3) is 2.72. The molecule has 1 rings (SSSR count). The Morgan fingerprint density at radius 2 is 1.85 bits per heavy atom. The van der Waals surface area contributed by atoms with Crippen molar-refractivity contribution in [3.05, 3.63) is 5.89 Å². The van der Waals surface area contributed by atoms with Crippen LogP contribution in [0.5, 0.6) is 6.08 Å². The third-order valence-corrected chi connectivity index (χ3v) is 1.38. The third-order valence-electron chi connectivity index (χ3n) is 1.38. The van der Waals surface area contributed by atoms with Crippen LogP contribution >= 0.6 is 0 Å². The quantitative estimate of drug-likeness (QED) is 0.706. The Balaban J connectivity index is 2.75. The molecule has 1 aromatic heterocycles. The molecule has 0 N–H and O–H groups in total. The van der Waals surface area contributed by atoms with Crippen molar-refractivity contribution in [2.45, 2.75) is 46.1 Å².